The standard InChI is InChI=1S/C68H43BN2O/c1-5-20-44(21-6-1)67(45-22-7-2-8-23-45)54-30-15-13-28-50(54)52-40-38-48(42-56(52)67)70-58-32-17-33-59-64(58)69-65-60(70)34-18-36-62(65)72-63-37-19-35-61(66(63)69)71(59)49-39-41-53-51-29-14-16-31-55(51)68(57(53)43-49,46-24-9-3-10-25-46)47-26-11-4-12-27-47/h1-43H. The molecule has 0 atom stereocenters. The highest BCUT2D eigenvalue weighted by Gasteiger charge is 2.51. The number of fused-ring (bicyclic) bond motifs is 6. The van der Waals surface area contributed by atoms with E-state index in [0.717, 1.165) is 34.2 Å². The number of hydrogen-bond donors (Lipinski definition) is 0. The summed E-state index contributed by atoms with van der Waals surface area (Å²) in [6, 6.07) is 97.1. The molecule has 0 fully saturated rings. The van der Waals surface area contributed by atoms with Crippen molar-refractivity contribution in [2.75, 3.05) is 9.80 Å². The van der Waals surface area contributed by atoms with Crippen molar-refractivity contribution in [3.63, 3.8) is 0 Å². The predicted octanol–water partition coefficient (Wildman–Crippen LogP) is 14.6. The molecule has 0 aromatic heterocycles. The Hall–Kier alpha value is -9.12. The van der Waals surface area contributed by atoms with E-state index in [4.69, 9.17) is 4.74 Å². The first-order valence-corrected chi connectivity index (χ1v) is 25.1. The molecule has 0 saturated carbocycles. The van der Waals surface area contributed by atoms with Crippen LogP contribution < -0.4 is 30.9 Å². The van der Waals surface area contributed by atoms with E-state index >= 15 is 0 Å². The van der Waals surface area contributed by atoms with Crippen LogP contribution in [0.3, 0.4) is 0 Å². The third-order valence-electron chi connectivity index (χ3n) is 16.6. The molecule has 3 heterocycles. The maximum atomic E-state index is 7.09. The van der Waals surface area contributed by atoms with Gasteiger partial charge in [-0.2, -0.15) is 0 Å². The maximum absolute atomic E-state index is 7.09. The number of rotatable bonds is 6. The fourth-order valence-electron chi connectivity index (χ4n) is 14.0. The van der Waals surface area contributed by atoms with E-state index in [2.05, 4.69) is 271 Å². The Bertz CT molecular complexity index is 3700. The molecule has 5 aliphatic rings. The Morgan fingerprint density at radius 3 is 1.01 bits per heavy atom. The van der Waals surface area contributed by atoms with Crippen molar-refractivity contribution in [2.24, 2.45) is 0 Å². The Morgan fingerprint density at radius 2 is 0.611 bits per heavy atom. The number of ether oxygens (including phenoxy) is 1. The summed E-state index contributed by atoms with van der Waals surface area (Å²) in [4.78, 5) is 5.04. The van der Waals surface area contributed by atoms with Crippen molar-refractivity contribution < 1.29 is 4.74 Å². The molecule has 4 heteroatoms. The van der Waals surface area contributed by atoms with Crippen LogP contribution in [0.4, 0.5) is 34.1 Å². The summed E-state index contributed by atoms with van der Waals surface area (Å²) in [5.41, 5.74) is 24.7. The SMILES string of the molecule is c1ccc(C2(c3ccccc3)c3ccccc3-c3ccc(N4c5cccc6c5B5c7c(cccc7N(c7ccc8c(c7)C(c7ccccc7)(c7ccccc7)c7ccccc7-8)c7cccc4c75)O6)cc32)cc1. The van der Waals surface area contributed by atoms with Crippen LogP contribution in [0.1, 0.15) is 44.5 Å². The fourth-order valence-corrected chi connectivity index (χ4v) is 14.0. The lowest BCUT2D eigenvalue weighted by Crippen LogP contribution is -2.63. The molecule has 16 rings (SSSR count). The van der Waals surface area contributed by atoms with Gasteiger partial charge in [0, 0.05) is 34.1 Å². The lowest BCUT2D eigenvalue weighted by Gasteiger charge is -2.46. The Kier molecular flexibility index (Phi) is 8.11. The first-order chi connectivity index (χ1) is 35.7. The topological polar surface area (TPSA) is 15.7 Å². The zero-order valence-corrected chi connectivity index (χ0v) is 39.2. The van der Waals surface area contributed by atoms with Crippen molar-refractivity contribution in [1.82, 2.24) is 0 Å². The molecule has 11 aromatic rings. The van der Waals surface area contributed by atoms with Gasteiger partial charge in [0.15, 0.2) is 0 Å². The highest BCUT2D eigenvalue weighted by molar-refractivity contribution is 7.01. The summed E-state index contributed by atoms with van der Waals surface area (Å²) in [5.74, 6) is 1.81. The summed E-state index contributed by atoms with van der Waals surface area (Å²) in [7, 11) is 0. The smallest absolute Gasteiger partial charge is 0.261 e. The van der Waals surface area contributed by atoms with E-state index < -0.39 is 10.8 Å². The van der Waals surface area contributed by atoms with Crippen molar-refractivity contribution in [2.45, 2.75) is 10.8 Å². The van der Waals surface area contributed by atoms with Crippen LogP contribution >= 0.6 is 0 Å². The van der Waals surface area contributed by atoms with Gasteiger partial charge in [0.05, 0.1) is 10.8 Å². The van der Waals surface area contributed by atoms with Crippen molar-refractivity contribution in [3.05, 3.63) is 305 Å². The summed E-state index contributed by atoms with van der Waals surface area (Å²) >= 11 is 0. The summed E-state index contributed by atoms with van der Waals surface area (Å²) < 4.78 is 7.09. The Morgan fingerprint density at radius 1 is 0.278 bits per heavy atom. The molecular formula is C68H43BN2O. The van der Waals surface area contributed by atoms with E-state index in [1.165, 1.54) is 94.5 Å². The van der Waals surface area contributed by atoms with Gasteiger partial charge in [-0.15, -0.1) is 0 Å². The highest BCUT2D eigenvalue weighted by atomic mass is 16.5. The van der Waals surface area contributed by atoms with E-state index in [1.54, 1.807) is 0 Å². The summed E-state index contributed by atoms with van der Waals surface area (Å²) in [6.45, 7) is -0.0346. The van der Waals surface area contributed by atoms with E-state index in [-0.39, 0.29) is 6.71 Å². The zero-order valence-electron chi connectivity index (χ0n) is 39.2. The summed E-state index contributed by atoms with van der Waals surface area (Å²) in [5, 5.41) is 0. The van der Waals surface area contributed by atoms with Gasteiger partial charge in [-0.05, 0) is 144 Å². The van der Waals surface area contributed by atoms with Crippen LogP contribution in [-0.2, 0) is 10.8 Å². The van der Waals surface area contributed by atoms with Gasteiger partial charge in [-0.25, -0.2) is 0 Å². The predicted molar refractivity (Wildman–Crippen MR) is 295 cm³/mol. The van der Waals surface area contributed by atoms with Gasteiger partial charge in [0.2, 0.25) is 0 Å². The molecule has 3 nitrogen and oxygen atoms in total. The second kappa shape index (κ2) is 14.7. The molecule has 0 amide bonds. The van der Waals surface area contributed by atoms with Crippen molar-refractivity contribution in [3.8, 4) is 33.8 Å². The van der Waals surface area contributed by atoms with Crippen LogP contribution in [0.15, 0.2) is 261 Å². The van der Waals surface area contributed by atoms with Crippen LogP contribution in [0.5, 0.6) is 11.5 Å². The summed E-state index contributed by atoms with van der Waals surface area (Å²) in [6.07, 6.45) is 0. The number of nitrogens with zero attached hydrogens (tertiary/aromatic N) is 2. The second-order valence-corrected chi connectivity index (χ2v) is 19.8. The molecule has 334 valence electrons. The first kappa shape index (κ1) is 39.7. The van der Waals surface area contributed by atoms with Crippen LogP contribution in [0, 0.1) is 0 Å². The molecule has 0 spiro atoms. The third-order valence-corrected chi connectivity index (χ3v) is 16.6. The number of hydrogen-bond acceptors (Lipinski definition) is 3. The first-order valence-electron chi connectivity index (χ1n) is 25.1. The molecule has 11 aromatic carbocycles. The van der Waals surface area contributed by atoms with Crippen LogP contribution in [0.2, 0.25) is 0 Å². The van der Waals surface area contributed by atoms with Gasteiger partial charge in [-0.1, -0.05) is 200 Å². The largest absolute Gasteiger partial charge is 0.458 e. The minimum Gasteiger partial charge on any atom is -0.458 e. The quantitative estimate of drug-likeness (QED) is 0.155. The van der Waals surface area contributed by atoms with Gasteiger partial charge in [0.25, 0.3) is 6.71 Å². The normalized spacial score (nSPS) is 14.9. The lowest BCUT2D eigenvalue weighted by molar-refractivity contribution is 0.487. The minimum atomic E-state index is -0.537. The van der Waals surface area contributed by atoms with E-state index in [0.29, 0.717) is 0 Å². The second-order valence-electron chi connectivity index (χ2n) is 19.8. The van der Waals surface area contributed by atoms with Gasteiger partial charge < -0.3 is 14.5 Å². The van der Waals surface area contributed by atoms with E-state index in [1.807, 2.05) is 0 Å². The molecule has 0 saturated heterocycles. The molecule has 0 N–H and O–H groups in total. The maximum Gasteiger partial charge on any atom is 0.261 e. The van der Waals surface area contributed by atoms with E-state index in [9.17, 15) is 0 Å². The minimum absolute atomic E-state index is 0.0346. The molecule has 0 bridgehead atoms. The van der Waals surface area contributed by atoms with Crippen molar-refractivity contribution in [1.29, 1.82) is 0 Å². The molecule has 0 unspecified atom stereocenters. The Labute approximate surface area is 419 Å². The van der Waals surface area contributed by atoms with Gasteiger partial charge in [-0.3, -0.25) is 0 Å². The van der Waals surface area contributed by atoms with Crippen molar-refractivity contribution >= 4 is 57.2 Å². The molecular weight excluding hydrogens is 872 g/mol. The average Bonchev–Trinajstić information content (AvgIpc) is 3.92. The molecule has 2 aliphatic carbocycles. The number of anilines is 6. The highest BCUT2D eigenvalue weighted by Crippen LogP contribution is 2.60. The van der Waals surface area contributed by atoms with Gasteiger partial charge in [0.1, 0.15) is 11.5 Å². The van der Waals surface area contributed by atoms with Gasteiger partial charge >= 0.3 is 0 Å². The molecule has 72 heavy (non-hydrogen) atoms. The van der Waals surface area contributed by atoms with Crippen LogP contribution in [-0.4, -0.2) is 6.71 Å². The zero-order chi connectivity index (χ0) is 47.1. The van der Waals surface area contributed by atoms with Crippen LogP contribution in [0.25, 0.3) is 22.3 Å². The number of benzene rings is 11. The molecule has 0 radical (unpaired) electrons. The third kappa shape index (κ3) is 5.00. The fraction of sp³-hybridized carbons (Fsp3) is 0.0294. The average molecular weight is 915 g/mol. The molecule has 3 aliphatic heterocycles. The lowest BCUT2D eigenvalue weighted by atomic mass is 9.32. The Balaban J connectivity index is 0.943. The monoisotopic (exact) mass is 914 g/mol.